The first-order valence-electron chi connectivity index (χ1n) is 11.3. The maximum Gasteiger partial charge on any atom is 0.356 e. The van der Waals surface area contributed by atoms with Crippen LogP contribution in [-0.2, 0) is 28.6 Å². The molecule has 0 radical (unpaired) electrons. The number of cyclic esters (lactones) is 1. The maximum atomic E-state index is 13.8. The third-order valence-electron chi connectivity index (χ3n) is 6.24. The van der Waals surface area contributed by atoms with Crippen LogP contribution in [0.4, 0.5) is 0 Å². The summed E-state index contributed by atoms with van der Waals surface area (Å²) in [5.41, 5.74) is 8.48. The van der Waals surface area contributed by atoms with Crippen LogP contribution in [0.1, 0.15) is 24.2 Å². The topological polar surface area (TPSA) is 108 Å². The van der Waals surface area contributed by atoms with Crippen LogP contribution in [0.3, 0.4) is 0 Å². The maximum absolute atomic E-state index is 13.8. The first-order chi connectivity index (χ1) is 17.4. The fraction of sp³-hybridized carbons (Fsp3) is 0.222. The number of rotatable bonds is 6. The Morgan fingerprint density at radius 1 is 1.11 bits per heavy atom. The summed E-state index contributed by atoms with van der Waals surface area (Å²) >= 11 is 1.43. The Kier molecular flexibility index (Phi) is 6.42. The summed E-state index contributed by atoms with van der Waals surface area (Å²) in [5, 5.41) is -0.376. The molecule has 1 saturated heterocycles. The van der Waals surface area contributed by atoms with Crippen LogP contribution in [0.5, 0.6) is 0 Å². The second-order valence-corrected chi connectivity index (χ2v) is 9.58. The van der Waals surface area contributed by atoms with Crippen LogP contribution in [-0.4, -0.2) is 47.0 Å². The zero-order valence-electron chi connectivity index (χ0n) is 19.7. The van der Waals surface area contributed by atoms with E-state index in [2.05, 4.69) is 0 Å². The Morgan fingerprint density at radius 3 is 2.31 bits per heavy atom. The van der Waals surface area contributed by atoms with Gasteiger partial charge in [0.2, 0.25) is 5.91 Å². The fourth-order valence-corrected chi connectivity index (χ4v) is 5.65. The molecule has 3 aliphatic rings. The number of ether oxygens (including phenoxy) is 3. The highest BCUT2D eigenvalue weighted by atomic mass is 32.2. The van der Waals surface area contributed by atoms with Gasteiger partial charge in [-0.25, -0.2) is 9.59 Å². The highest BCUT2D eigenvalue weighted by molar-refractivity contribution is 8.00. The predicted molar refractivity (Wildman–Crippen MR) is 133 cm³/mol. The number of benzene rings is 2. The van der Waals surface area contributed by atoms with Crippen LogP contribution >= 0.6 is 11.8 Å². The summed E-state index contributed by atoms with van der Waals surface area (Å²) < 4.78 is 16.8. The molecule has 8 nitrogen and oxygen atoms in total. The van der Waals surface area contributed by atoms with Crippen molar-refractivity contribution in [2.45, 2.75) is 24.4 Å². The van der Waals surface area contributed by atoms with E-state index < -0.39 is 24.1 Å². The van der Waals surface area contributed by atoms with Crippen LogP contribution in [0.15, 0.2) is 95.1 Å². The monoisotopic (exact) mass is 504 g/mol. The minimum atomic E-state index is -0.702. The first kappa shape index (κ1) is 23.9. The van der Waals surface area contributed by atoms with E-state index in [-0.39, 0.29) is 28.5 Å². The molecule has 0 aliphatic carbocycles. The summed E-state index contributed by atoms with van der Waals surface area (Å²) in [4.78, 5) is 40.0. The lowest BCUT2D eigenvalue weighted by molar-refractivity contribution is -0.153. The third kappa shape index (κ3) is 4.10. The second kappa shape index (κ2) is 9.67. The van der Waals surface area contributed by atoms with Gasteiger partial charge in [-0.05, 0) is 29.7 Å². The molecule has 2 aromatic carbocycles. The number of thioether (sulfide) groups is 1. The molecule has 0 saturated carbocycles. The molecular formula is C27H24N2O6S. The van der Waals surface area contributed by atoms with Crippen molar-refractivity contribution in [2.75, 3.05) is 12.9 Å². The molecule has 0 unspecified atom stereocenters. The van der Waals surface area contributed by atoms with E-state index in [9.17, 15) is 14.4 Å². The number of amides is 1. The lowest BCUT2D eigenvalue weighted by atomic mass is 10.0. The number of methoxy groups -OCH3 is 1. The molecule has 2 N–H and O–H groups in total. The molecule has 184 valence electrons. The van der Waals surface area contributed by atoms with Crippen molar-refractivity contribution >= 4 is 29.6 Å². The van der Waals surface area contributed by atoms with Crippen LogP contribution in [0.25, 0.3) is 0 Å². The van der Waals surface area contributed by atoms with Gasteiger partial charge in [0.05, 0.1) is 12.7 Å². The molecule has 1 amide bonds. The standard InChI is InChI=1S/C27H24N2O6S/c1-15-22(33-2)19(34-26(15)31)13-18-14-36-25-20(28)24(30)29(25)21(18)27(32)35-23(16-9-5-3-6-10-16)17-11-7-4-8-12-17/h3-13,20,23,25H,14,28H2,1-2H3/b19-13+/t20-,25-/m1/s1. The minimum Gasteiger partial charge on any atom is -0.492 e. The van der Waals surface area contributed by atoms with E-state index in [0.717, 1.165) is 11.1 Å². The first-order valence-corrected chi connectivity index (χ1v) is 12.4. The summed E-state index contributed by atoms with van der Waals surface area (Å²) in [6, 6.07) is 18.1. The van der Waals surface area contributed by atoms with Crippen molar-refractivity contribution in [3.05, 3.63) is 106 Å². The second-order valence-electron chi connectivity index (χ2n) is 8.47. The largest absolute Gasteiger partial charge is 0.492 e. The fourth-order valence-electron chi connectivity index (χ4n) is 4.39. The molecule has 9 heteroatoms. The summed E-state index contributed by atoms with van der Waals surface area (Å²) in [7, 11) is 1.44. The van der Waals surface area contributed by atoms with E-state index in [1.165, 1.54) is 23.8 Å². The van der Waals surface area contributed by atoms with Gasteiger partial charge in [0.25, 0.3) is 0 Å². The van der Waals surface area contributed by atoms with E-state index in [4.69, 9.17) is 19.9 Å². The molecule has 0 bridgehead atoms. The van der Waals surface area contributed by atoms with Crippen molar-refractivity contribution in [3.63, 3.8) is 0 Å². The van der Waals surface area contributed by atoms with Crippen LogP contribution in [0, 0.1) is 0 Å². The third-order valence-corrected chi connectivity index (χ3v) is 7.57. The molecular weight excluding hydrogens is 480 g/mol. The van der Waals surface area contributed by atoms with Crippen molar-refractivity contribution < 1.29 is 28.6 Å². The number of fused-ring (bicyclic) bond motifs is 1. The molecule has 2 atom stereocenters. The summed E-state index contributed by atoms with van der Waals surface area (Å²) in [6.45, 7) is 1.60. The average molecular weight is 505 g/mol. The Morgan fingerprint density at radius 2 is 1.72 bits per heavy atom. The van der Waals surface area contributed by atoms with Gasteiger partial charge in [-0.1, -0.05) is 60.7 Å². The van der Waals surface area contributed by atoms with Gasteiger partial charge in [-0.2, -0.15) is 0 Å². The van der Waals surface area contributed by atoms with E-state index in [1.807, 2.05) is 60.7 Å². The van der Waals surface area contributed by atoms with Gasteiger partial charge in [-0.3, -0.25) is 9.69 Å². The molecule has 0 spiro atoms. The van der Waals surface area contributed by atoms with E-state index in [0.29, 0.717) is 16.9 Å². The zero-order chi connectivity index (χ0) is 25.4. The van der Waals surface area contributed by atoms with Crippen LogP contribution in [0.2, 0.25) is 0 Å². The van der Waals surface area contributed by atoms with Gasteiger partial charge < -0.3 is 19.9 Å². The number of hydrogen-bond acceptors (Lipinski definition) is 8. The van der Waals surface area contributed by atoms with Gasteiger partial charge in [0, 0.05) is 5.75 Å². The lowest BCUT2D eigenvalue weighted by Crippen LogP contribution is -2.68. The highest BCUT2D eigenvalue weighted by Gasteiger charge is 2.52. The molecule has 2 aromatic rings. The van der Waals surface area contributed by atoms with Crippen LogP contribution < -0.4 is 5.73 Å². The summed E-state index contributed by atoms with van der Waals surface area (Å²) in [6.07, 6.45) is 0.866. The number of allylic oxidation sites excluding steroid dienone is 1. The van der Waals surface area contributed by atoms with Gasteiger partial charge in [-0.15, -0.1) is 11.8 Å². The number of carbonyl (C=O) groups is 3. The Hall–Kier alpha value is -3.82. The van der Waals surface area contributed by atoms with E-state index >= 15 is 0 Å². The number of β-lactam (4-membered cyclic amide) rings is 1. The SMILES string of the molecule is COC1=C(C)C(=O)O/C1=C/C1=C(C(=O)OC(c2ccccc2)c2ccccc2)N2C(=O)[C@@H](N)[C@H]2SC1. The Labute approximate surface area is 212 Å². The van der Waals surface area contributed by atoms with Gasteiger partial charge in [0.15, 0.2) is 17.6 Å². The lowest BCUT2D eigenvalue weighted by Gasteiger charge is -2.48. The van der Waals surface area contributed by atoms with Crippen molar-refractivity contribution in [1.29, 1.82) is 0 Å². The number of nitrogens with two attached hydrogens (primary N) is 1. The quantitative estimate of drug-likeness (QED) is 0.472. The van der Waals surface area contributed by atoms with Crippen molar-refractivity contribution in [1.82, 2.24) is 4.90 Å². The highest BCUT2D eigenvalue weighted by Crippen LogP contribution is 2.42. The van der Waals surface area contributed by atoms with Gasteiger partial charge >= 0.3 is 11.9 Å². The zero-order valence-corrected chi connectivity index (χ0v) is 20.5. The summed E-state index contributed by atoms with van der Waals surface area (Å²) in [5.74, 6) is -0.739. The number of carbonyl (C=O) groups excluding carboxylic acids is 3. The number of hydrogen-bond donors (Lipinski definition) is 1. The predicted octanol–water partition coefficient (Wildman–Crippen LogP) is 3.18. The molecule has 3 heterocycles. The van der Waals surface area contributed by atoms with E-state index in [1.54, 1.807) is 13.0 Å². The van der Waals surface area contributed by atoms with Gasteiger partial charge in [0.1, 0.15) is 17.1 Å². The molecule has 5 rings (SSSR count). The number of esters is 2. The normalized spacial score (nSPS) is 22.6. The molecule has 3 aliphatic heterocycles. The average Bonchev–Trinajstić information content (AvgIpc) is 3.18. The molecule has 1 fully saturated rings. The Balaban J connectivity index is 1.56. The van der Waals surface area contributed by atoms with Crippen molar-refractivity contribution in [3.8, 4) is 0 Å². The molecule has 0 aromatic heterocycles. The smallest absolute Gasteiger partial charge is 0.356 e. The Bertz CT molecular complexity index is 1280. The number of nitrogens with zero attached hydrogens (tertiary/aromatic N) is 1. The molecule has 36 heavy (non-hydrogen) atoms. The minimum absolute atomic E-state index is 0.0888. The van der Waals surface area contributed by atoms with Crippen molar-refractivity contribution in [2.24, 2.45) is 5.73 Å².